The standard InChI is InChI=1S/C15H20O5/c1-3-4-5-6-13(16)20-12-7-8-15(17)11(9-12)10-19-14(15)18-2/h3-6,9,12,14,17H,7-8,10H2,1-2H3/b4-3+,6-5+/t12-,14?,15-/m0/s1. The van der Waals surface area contributed by atoms with E-state index in [9.17, 15) is 9.90 Å². The van der Waals surface area contributed by atoms with Gasteiger partial charge in [-0.2, -0.15) is 0 Å². The molecule has 20 heavy (non-hydrogen) atoms. The molecule has 0 bridgehead atoms. The lowest BCUT2D eigenvalue weighted by molar-refractivity contribution is -0.177. The first-order valence-electron chi connectivity index (χ1n) is 6.68. The number of hydrogen-bond acceptors (Lipinski definition) is 5. The van der Waals surface area contributed by atoms with Crippen molar-refractivity contribution in [3.63, 3.8) is 0 Å². The van der Waals surface area contributed by atoms with Crippen LogP contribution in [0.3, 0.4) is 0 Å². The van der Waals surface area contributed by atoms with E-state index in [4.69, 9.17) is 14.2 Å². The van der Waals surface area contributed by atoms with E-state index < -0.39 is 17.9 Å². The molecule has 3 atom stereocenters. The third kappa shape index (κ3) is 3.00. The molecule has 5 heteroatoms. The smallest absolute Gasteiger partial charge is 0.331 e. The maximum atomic E-state index is 11.6. The number of carbonyl (C=O) groups is 1. The molecule has 0 spiro atoms. The topological polar surface area (TPSA) is 65.0 Å². The molecule has 0 aromatic carbocycles. The lowest BCUT2D eigenvalue weighted by Gasteiger charge is -2.33. The molecule has 0 saturated carbocycles. The molecule has 0 radical (unpaired) electrons. The van der Waals surface area contributed by atoms with Crippen LogP contribution in [0, 0.1) is 0 Å². The zero-order valence-corrected chi connectivity index (χ0v) is 11.7. The van der Waals surface area contributed by atoms with Gasteiger partial charge in [0.05, 0.1) is 6.61 Å². The van der Waals surface area contributed by atoms with Crippen LogP contribution >= 0.6 is 0 Å². The van der Waals surface area contributed by atoms with Crippen LogP contribution in [-0.4, -0.2) is 42.8 Å². The Labute approximate surface area is 118 Å². The summed E-state index contributed by atoms with van der Waals surface area (Å²) in [6, 6.07) is 0. The van der Waals surface area contributed by atoms with Crippen molar-refractivity contribution in [1.29, 1.82) is 0 Å². The van der Waals surface area contributed by atoms with Crippen molar-refractivity contribution in [3.05, 3.63) is 36.0 Å². The zero-order valence-electron chi connectivity index (χ0n) is 11.7. The second kappa shape index (κ2) is 6.35. The number of methoxy groups -OCH3 is 1. The summed E-state index contributed by atoms with van der Waals surface area (Å²) in [5.74, 6) is -0.391. The highest BCUT2D eigenvalue weighted by Gasteiger charge is 2.49. The summed E-state index contributed by atoms with van der Waals surface area (Å²) in [6.45, 7) is 2.17. The molecular formula is C15H20O5. The Morgan fingerprint density at radius 2 is 2.35 bits per heavy atom. The number of aliphatic hydroxyl groups is 1. The number of allylic oxidation sites excluding steroid dienone is 3. The number of esters is 1. The first kappa shape index (κ1) is 15.0. The van der Waals surface area contributed by atoms with Crippen LogP contribution in [0.25, 0.3) is 0 Å². The summed E-state index contributed by atoms with van der Waals surface area (Å²) in [5.41, 5.74) is -0.357. The second-order valence-electron chi connectivity index (χ2n) is 4.89. The highest BCUT2D eigenvalue weighted by Crippen LogP contribution is 2.39. The van der Waals surface area contributed by atoms with Crippen molar-refractivity contribution in [1.82, 2.24) is 0 Å². The Morgan fingerprint density at radius 1 is 1.55 bits per heavy atom. The predicted molar refractivity (Wildman–Crippen MR) is 72.8 cm³/mol. The molecule has 0 aromatic rings. The maximum Gasteiger partial charge on any atom is 0.331 e. The lowest BCUT2D eigenvalue weighted by Crippen LogP contribution is -2.44. The molecular weight excluding hydrogens is 260 g/mol. The molecule has 5 nitrogen and oxygen atoms in total. The quantitative estimate of drug-likeness (QED) is 0.366. The summed E-state index contributed by atoms with van der Waals surface area (Å²) in [6.07, 6.45) is 8.40. The maximum absolute atomic E-state index is 11.6. The number of fused-ring (bicyclic) bond motifs is 1. The van der Waals surface area contributed by atoms with E-state index in [0.29, 0.717) is 19.4 Å². The Kier molecular flexibility index (Phi) is 4.75. The van der Waals surface area contributed by atoms with Crippen molar-refractivity contribution in [2.24, 2.45) is 0 Å². The summed E-state index contributed by atoms with van der Waals surface area (Å²) >= 11 is 0. The molecule has 1 heterocycles. The van der Waals surface area contributed by atoms with Gasteiger partial charge in [0.15, 0.2) is 6.29 Å². The van der Waals surface area contributed by atoms with Crippen LogP contribution in [0.4, 0.5) is 0 Å². The van der Waals surface area contributed by atoms with E-state index in [-0.39, 0.29) is 6.10 Å². The zero-order chi connectivity index (χ0) is 14.6. The van der Waals surface area contributed by atoms with E-state index in [1.807, 2.05) is 13.0 Å². The van der Waals surface area contributed by atoms with E-state index in [2.05, 4.69) is 0 Å². The SMILES string of the molecule is C/C=C/C=C/C(=O)O[C@@H]1C=C2COC(OC)[C@]2(O)CC1. The van der Waals surface area contributed by atoms with Gasteiger partial charge in [0.25, 0.3) is 0 Å². The van der Waals surface area contributed by atoms with E-state index in [1.54, 1.807) is 18.2 Å². The van der Waals surface area contributed by atoms with Gasteiger partial charge in [-0.05, 0) is 31.4 Å². The van der Waals surface area contributed by atoms with Crippen molar-refractivity contribution >= 4 is 5.97 Å². The van der Waals surface area contributed by atoms with Gasteiger partial charge >= 0.3 is 5.97 Å². The number of hydrogen-bond donors (Lipinski definition) is 1. The van der Waals surface area contributed by atoms with Gasteiger partial charge in [0, 0.05) is 13.2 Å². The first-order chi connectivity index (χ1) is 9.60. The lowest BCUT2D eigenvalue weighted by atomic mass is 9.83. The first-order valence-corrected chi connectivity index (χ1v) is 6.68. The number of rotatable bonds is 4. The van der Waals surface area contributed by atoms with E-state index in [1.165, 1.54) is 13.2 Å². The van der Waals surface area contributed by atoms with E-state index >= 15 is 0 Å². The molecule has 0 amide bonds. The molecule has 1 N–H and O–H groups in total. The Bertz CT molecular complexity index is 451. The minimum absolute atomic E-state index is 0.303. The second-order valence-corrected chi connectivity index (χ2v) is 4.89. The number of ether oxygens (including phenoxy) is 3. The minimum Gasteiger partial charge on any atom is -0.455 e. The molecule has 1 saturated heterocycles. The Hall–Kier alpha value is -1.43. The highest BCUT2D eigenvalue weighted by molar-refractivity contribution is 5.82. The predicted octanol–water partition coefficient (Wildman–Crippen LogP) is 1.48. The van der Waals surface area contributed by atoms with Crippen molar-refractivity contribution < 1.29 is 24.1 Å². The summed E-state index contributed by atoms with van der Waals surface area (Å²) in [7, 11) is 1.50. The van der Waals surface area contributed by atoms with Gasteiger partial charge in [0.2, 0.25) is 0 Å². The molecule has 1 aliphatic carbocycles. The normalized spacial score (nSPS) is 33.5. The molecule has 1 aliphatic heterocycles. The monoisotopic (exact) mass is 280 g/mol. The molecule has 1 fully saturated rings. The average molecular weight is 280 g/mol. The molecule has 110 valence electrons. The molecule has 1 unspecified atom stereocenters. The fourth-order valence-corrected chi connectivity index (χ4v) is 2.51. The highest BCUT2D eigenvalue weighted by atomic mass is 16.7. The summed E-state index contributed by atoms with van der Waals surface area (Å²) in [5, 5.41) is 10.5. The Balaban J connectivity index is 1.99. The van der Waals surface area contributed by atoms with Crippen LogP contribution in [0.1, 0.15) is 19.8 Å². The third-order valence-electron chi connectivity index (χ3n) is 3.55. The third-order valence-corrected chi connectivity index (χ3v) is 3.55. The van der Waals surface area contributed by atoms with Gasteiger partial charge in [-0.1, -0.05) is 18.2 Å². The summed E-state index contributed by atoms with van der Waals surface area (Å²) in [4.78, 5) is 11.6. The van der Waals surface area contributed by atoms with Crippen LogP contribution < -0.4 is 0 Å². The van der Waals surface area contributed by atoms with Gasteiger partial charge in [-0.15, -0.1) is 0 Å². The fourth-order valence-electron chi connectivity index (χ4n) is 2.51. The van der Waals surface area contributed by atoms with Crippen molar-refractivity contribution in [3.8, 4) is 0 Å². The fraction of sp³-hybridized carbons (Fsp3) is 0.533. The molecule has 2 rings (SSSR count). The largest absolute Gasteiger partial charge is 0.455 e. The van der Waals surface area contributed by atoms with Gasteiger partial charge in [0.1, 0.15) is 11.7 Å². The van der Waals surface area contributed by atoms with Crippen LogP contribution in [-0.2, 0) is 19.0 Å². The van der Waals surface area contributed by atoms with Crippen LogP contribution in [0.2, 0.25) is 0 Å². The summed E-state index contributed by atoms with van der Waals surface area (Å²) < 4.78 is 15.8. The van der Waals surface area contributed by atoms with Gasteiger partial charge in [-0.3, -0.25) is 0 Å². The van der Waals surface area contributed by atoms with Crippen LogP contribution in [0.15, 0.2) is 36.0 Å². The number of carbonyl (C=O) groups excluding carboxylic acids is 1. The van der Waals surface area contributed by atoms with E-state index in [0.717, 1.165) is 5.57 Å². The van der Waals surface area contributed by atoms with Gasteiger partial charge < -0.3 is 19.3 Å². The minimum atomic E-state index is -1.08. The Morgan fingerprint density at radius 3 is 3.05 bits per heavy atom. The van der Waals surface area contributed by atoms with Crippen molar-refractivity contribution in [2.75, 3.05) is 13.7 Å². The van der Waals surface area contributed by atoms with Crippen LogP contribution in [0.5, 0.6) is 0 Å². The average Bonchev–Trinajstić information content (AvgIpc) is 2.75. The van der Waals surface area contributed by atoms with Gasteiger partial charge in [-0.25, -0.2) is 4.79 Å². The van der Waals surface area contributed by atoms with Crippen molar-refractivity contribution in [2.45, 2.75) is 37.8 Å². The molecule has 2 aliphatic rings. The molecule has 0 aromatic heterocycles.